The third-order valence-electron chi connectivity index (χ3n) is 0.887. The second-order valence-corrected chi connectivity index (χ2v) is 1.99. The smallest absolute Gasteiger partial charge is 0.448 e. The largest absolute Gasteiger partial charge is 1.00 e. The molecule has 0 fully saturated rings. The number of aliphatic hydroxyl groups is 1. The minimum Gasteiger partial charge on any atom is -0.448 e. The van der Waals surface area contributed by atoms with Crippen LogP contribution in [0.4, 0.5) is 12.9 Å². The second kappa shape index (κ2) is 8.03. The standard InChI is InChI=1S/C4H10BF3NO.K/c6-5(7,8)4-9-2-1-3-10;/h9-10H,1-4H2;/q-1;+1. The van der Waals surface area contributed by atoms with Crippen LogP contribution < -0.4 is 56.7 Å². The maximum absolute atomic E-state index is 11.4. The van der Waals surface area contributed by atoms with Crippen molar-refractivity contribution in [3.8, 4) is 0 Å². The molecule has 0 rings (SSSR count). The van der Waals surface area contributed by atoms with E-state index in [1.54, 1.807) is 0 Å². The first-order chi connectivity index (χ1) is 4.56. The first-order valence-corrected chi connectivity index (χ1v) is 3.09. The summed E-state index contributed by atoms with van der Waals surface area (Å²) < 4.78 is 34.3. The Balaban J connectivity index is 0. The Kier molecular flexibility index (Phi) is 10.9. The summed E-state index contributed by atoms with van der Waals surface area (Å²) in [4.78, 5) is 0. The molecule has 7 heteroatoms. The van der Waals surface area contributed by atoms with Crippen LogP contribution >= 0.6 is 0 Å². The summed E-state index contributed by atoms with van der Waals surface area (Å²) in [6.45, 7) is -4.56. The second-order valence-electron chi connectivity index (χ2n) is 1.99. The van der Waals surface area contributed by atoms with Gasteiger partial charge >= 0.3 is 58.4 Å². The molecule has 2 N–H and O–H groups in total. The van der Waals surface area contributed by atoms with Gasteiger partial charge in [-0.3, -0.25) is 0 Å². The third kappa shape index (κ3) is 14.3. The van der Waals surface area contributed by atoms with E-state index in [-0.39, 0.29) is 64.5 Å². The molecule has 0 aromatic carbocycles. The van der Waals surface area contributed by atoms with E-state index in [9.17, 15) is 12.9 Å². The van der Waals surface area contributed by atoms with Gasteiger partial charge in [0.05, 0.1) is 0 Å². The first-order valence-electron chi connectivity index (χ1n) is 3.09. The molecule has 0 aromatic rings. The van der Waals surface area contributed by atoms with Gasteiger partial charge in [0.2, 0.25) is 0 Å². The molecule has 0 saturated heterocycles. The molecule has 0 spiro atoms. The van der Waals surface area contributed by atoms with E-state index in [2.05, 4.69) is 5.32 Å². The zero-order valence-corrected chi connectivity index (χ0v) is 9.61. The molecular formula is C4H10BF3KNO. The quantitative estimate of drug-likeness (QED) is 0.371. The topological polar surface area (TPSA) is 32.3 Å². The summed E-state index contributed by atoms with van der Waals surface area (Å²) in [6.07, 6.45) is -0.549. The van der Waals surface area contributed by atoms with E-state index in [4.69, 9.17) is 5.11 Å². The molecule has 0 heterocycles. The molecule has 0 aliphatic heterocycles. The van der Waals surface area contributed by atoms with Crippen molar-refractivity contribution in [1.29, 1.82) is 0 Å². The van der Waals surface area contributed by atoms with Crippen molar-refractivity contribution in [3.05, 3.63) is 0 Å². The fourth-order valence-corrected chi connectivity index (χ4v) is 0.470. The van der Waals surface area contributed by atoms with E-state index in [1.165, 1.54) is 0 Å². The molecule has 0 aliphatic rings. The van der Waals surface area contributed by atoms with Crippen molar-refractivity contribution in [1.82, 2.24) is 5.32 Å². The van der Waals surface area contributed by atoms with E-state index < -0.39 is 13.4 Å². The van der Waals surface area contributed by atoms with Crippen LogP contribution in [0.1, 0.15) is 6.42 Å². The normalized spacial score (nSPS) is 10.9. The van der Waals surface area contributed by atoms with Crippen molar-refractivity contribution < 1.29 is 69.4 Å². The molecule has 0 radical (unpaired) electrons. The van der Waals surface area contributed by atoms with Gasteiger partial charge in [-0.25, -0.2) is 0 Å². The number of hydrogen-bond donors (Lipinski definition) is 2. The van der Waals surface area contributed by atoms with Crippen LogP contribution in [0, 0.1) is 0 Å². The summed E-state index contributed by atoms with van der Waals surface area (Å²) in [5.74, 6) is 0. The molecule has 11 heavy (non-hydrogen) atoms. The van der Waals surface area contributed by atoms with Crippen molar-refractivity contribution in [3.63, 3.8) is 0 Å². The summed E-state index contributed by atoms with van der Waals surface area (Å²) in [6, 6.07) is 0. The molecule has 0 saturated carbocycles. The van der Waals surface area contributed by atoms with Gasteiger partial charge < -0.3 is 23.4 Å². The average Bonchev–Trinajstić information content (AvgIpc) is 1.78. The Hall–Kier alpha value is 1.41. The number of halogens is 3. The average molecular weight is 195 g/mol. The summed E-state index contributed by atoms with van der Waals surface area (Å²) in [5.41, 5.74) is 0. The van der Waals surface area contributed by atoms with Crippen molar-refractivity contribution >= 4 is 6.98 Å². The van der Waals surface area contributed by atoms with Gasteiger partial charge in [-0.05, 0) is 19.4 Å². The van der Waals surface area contributed by atoms with Crippen molar-refractivity contribution in [2.24, 2.45) is 0 Å². The SMILES string of the molecule is OCCCNC[B-](F)(F)F.[K+]. The fraction of sp³-hybridized carbons (Fsp3) is 1.00. The van der Waals surface area contributed by atoms with Crippen LogP contribution in [0.15, 0.2) is 0 Å². The van der Waals surface area contributed by atoms with Crippen LogP contribution in [0.5, 0.6) is 0 Å². The minimum atomic E-state index is -4.71. The zero-order chi connectivity index (χ0) is 8.04. The van der Waals surface area contributed by atoms with Gasteiger partial charge in [0.1, 0.15) is 0 Å². The van der Waals surface area contributed by atoms with Gasteiger partial charge in [-0.2, -0.15) is 0 Å². The number of hydrogen-bond acceptors (Lipinski definition) is 2. The Morgan fingerprint density at radius 1 is 1.27 bits per heavy atom. The summed E-state index contributed by atoms with van der Waals surface area (Å²) >= 11 is 0. The molecular weight excluding hydrogens is 185 g/mol. The first kappa shape index (κ1) is 14.9. The molecule has 0 bridgehead atoms. The van der Waals surface area contributed by atoms with Crippen molar-refractivity contribution in [2.45, 2.75) is 6.42 Å². The van der Waals surface area contributed by atoms with Crippen molar-refractivity contribution in [2.75, 3.05) is 19.6 Å². The molecule has 0 atom stereocenters. The Bertz CT molecular complexity index is 91.9. The molecule has 0 unspecified atom stereocenters. The molecule has 2 nitrogen and oxygen atoms in total. The maximum atomic E-state index is 11.4. The van der Waals surface area contributed by atoms with Crippen LogP contribution in [0.3, 0.4) is 0 Å². The Morgan fingerprint density at radius 3 is 2.18 bits per heavy atom. The minimum absolute atomic E-state index is 0. The van der Waals surface area contributed by atoms with E-state index >= 15 is 0 Å². The Morgan fingerprint density at radius 2 is 1.82 bits per heavy atom. The molecule has 62 valence electrons. The summed E-state index contributed by atoms with van der Waals surface area (Å²) in [7, 11) is 0. The van der Waals surface area contributed by atoms with E-state index in [0.717, 1.165) is 0 Å². The molecule has 0 amide bonds. The predicted octanol–water partition coefficient (Wildman–Crippen LogP) is -2.65. The Labute approximate surface area is 106 Å². The van der Waals surface area contributed by atoms with Crippen LogP contribution in [-0.4, -0.2) is 31.7 Å². The molecule has 0 aromatic heterocycles. The van der Waals surface area contributed by atoms with Crippen LogP contribution in [-0.2, 0) is 0 Å². The van der Waals surface area contributed by atoms with Gasteiger partial charge in [0.15, 0.2) is 0 Å². The van der Waals surface area contributed by atoms with Crippen LogP contribution in [0.2, 0.25) is 0 Å². The number of nitrogens with one attached hydrogen (secondary N) is 1. The van der Waals surface area contributed by atoms with Gasteiger partial charge in [0.25, 0.3) is 0 Å². The van der Waals surface area contributed by atoms with Crippen LogP contribution in [0.25, 0.3) is 0 Å². The van der Waals surface area contributed by atoms with Gasteiger partial charge in [-0.1, -0.05) is 0 Å². The maximum Gasteiger partial charge on any atom is 1.00 e. The molecule has 0 aliphatic carbocycles. The fourth-order valence-electron chi connectivity index (χ4n) is 0.470. The van der Waals surface area contributed by atoms with E-state index in [0.29, 0.717) is 6.42 Å². The number of aliphatic hydroxyl groups excluding tert-OH is 1. The third-order valence-corrected chi connectivity index (χ3v) is 0.887. The number of rotatable bonds is 5. The summed E-state index contributed by atoms with van der Waals surface area (Å²) in [5, 5.41) is 10.3. The predicted molar refractivity (Wildman–Crippen MR) is 33.7 cm³/mol. The monoisotopic (exact) mass is 195 g/mol. The van der Waals surface area contributed by atoms with Gasteiger partial charge in [-0.15, -0.1) is 0 Å². The van der Waals surface area contributed by atoms with Gasteiger partial charge in [0, 0.05) is 6.61 Å². The van der Waals surface area contributed by atoms with E-state index in [1.807, 2.05) is 0 Å². The zero-order valence-electron chi connectivity index (χ0n) is 6.49.